The standard InChI is InChI=1S/C8H12O3.C2H4O2/c1-4-5-6(2)8(10)11-7(3)9;1-2(3)4/h5H,4H2,1-3H3;1H3,(H,3,4). The lowest BCUT2D eigenvalue weighted by atomic mass is 10.2. The van der Waals surface area contributed by atoms with Crippen molar-refractivity contribution in [2.45, 2.75) is 34.1 Å². The molecule has 1 N–H and O–H groups in total. The maximum atomic E-state index is 10.8. The van der Waals surface area contributed by atoms with Crippen molar-refractivity contribution in [3.63, 3.8) is 0 Å². The first-order valence-corrected chi connectivity index (χ1v) is 4.40. The number of hydrogen-bond donors (Lipinski definition) is 1. The molecule has 0 spiro atoms. The first-order valence-electron chi connectivity index (χ1n) is 4.40. The highest BCUT2D eigenvalue weighted by Crippen LogP contribution is 1.98. The minimum Gasteiger partial charge on any atom is -0.481 e. The summed E-state index contributed by atoms with van der Waals surface area (Å²) in [6.07, 6.45) is 2.48. The van der Waals surface area contributed by atoms with Gasteiger partial charge in [0.1, 0.15) is 0 Å². The van der Waals surface area contributed by atoms with Crippen LogP contribution in [0.25, 0.3) is 0 Å². The van der Waals surface area contributed by atoms with Crippen molar-refractivity contribution >= 4 is 17.9 Å². The zero-order valence-electron chi connectivity index (χ0n) is 9.36. The minimum absolute atomic E-state index is 0.475. The van der Waals surface area contributed by atoms with Crippen molar-refractivity contribution < 1.29 is 24.2 Å². The Kier molecular flexibility index (Phi) is 9.41. The summed E-state index contributed by atoms with van der Waals surface area (Å²) in [6.45, 7) is 5.82. The van der Waals surface area contributed by atoms with Crippen molar-refractivity contribution in [3.8, 4) is 0 Å². The van der Waals surface area contributed by atoms with Gasteiger partial charge in [0.2, 0.25) is 0 Å². The van der Waals surface area contributed by atoms with Crippen LogP contribution in [0.4, 0.5) is 0 Å². The van der Waals surface area contributed by atoms with Crippen molar-refractivity contribution in [3.05, 3.63) is 11.6 Å². The van der Waals surface area contributed by atoms with Crippen LogP contribution in [0.15, 0.2) is 11.6 Å². The molecule has 0 atom stereocenters. The van der Waals surface area contributed by atoms with E-state index in [0.717, 1.165) is 13.3 Å². The number of carbonyl (C=O) groups excluding carboxylic acids is 2. The minimum atomic E-state index is -0.833. The van der Waals surface area contributed by atoms with Crippen LogP contribution in [0.5, 0.6) is 0 Å². The van der Waals surface area contributed by atoms with E-state index in [1.54, 1.807) is 13.0 Å². The molecule has 0 aliphatic heterocycles. The van der Waals surface area contributed by atoms with E-state index in [4.69, 9.17) is 9.90 Å². The van der Waals surface area contributed by atoms with Crippen molar-refractivity contribution in [1.82, 2.24) is 0 Å². The lowest BCUT2D eigenvalue weighted by Gasteiger charge is -1.97. The molecule has 0 radical (unpaired) electrons. The number of carboxylic acid groups (broad SMARTS) is 1. The molecule has 0 aliphatic carbocycles. The fourth-order valence-corrected chi connectivity index (χ4v) is 0.601. The third-order valence-corrected chi connectivity index (χ3v) is 1.07. The Morgan fingerprint density at radius 1 is 1.20 bits per heavy atom. The van der Waals surface area contributed by atoms with Crippen LogP contribution >= 0.6 is 0 Å². The molecule has 15 heavy (non-hydrogen) atoms. The Labute approximate surface area is 88.7 Å². The topological polar surface area (TPSA) is 80.7 Å². The van der Waals surface area contributed by atoms with Crippen molar-refractivity contribution in [2.75, 3.05) is 0 Å². The number of carboxylic acids is 1. The monoisotopic (exact) mass is 216 g/mol. The Morgan fingerprint density at radius 2 is 1.60 bits per heavy atom. The molecule has 5 nitrogen and oxygen atoms in total. The van der Waals surface area contributed by atoms with Gasteiger partial charge in [-0.2, -0.15) is 0 Å². The van der Waals surface area contributed by atoms with E-state index in [9.17, 15) is 9.59 Å². The predicted molar refractivity (Wildman–Crippen MR) is 54.1 cm³/mol. The van der Waals surface area contributed by atoms with Gasteiger partial charge in [-0.25, -0.2) is 4.79 Å². The molecule has 0 aromatic rings. The highest BCUT2D eigenvalue weighted by molar-refractivity contribution is 5.95. The predicted octanol–water partition coefficient (Wildman–Crippen LogP) is 1.52. The number of rotatable bonds is 2. The summed E-state index contributed by atoms with van der Waals surface area (Å²) in [7, 11) is 0. The molecular weight excluding hydrogens is 200 g/mol. The molecule has 0 heterocycles. The molecule has 0 saturated carbocycles. The molecule has 0 rings (SSSR count). The SMILES string of the molecule is CC(=O)O.CCC=C(C)C(=O)OC(C)=O. The van der Waals surface area contributed by atoms with E-state index < -0.39 is 17.9 Å². The summed E-state index contributed by atoms with van der Waals surface area (Å²) < 4.78 is 4.32. The third kappa shape index (κ3) is 15.1. The van der Waals surface area contributed by atoms with Crippen LogP contribution in [0.2, 0.25) is 0 Å². The third-order valence-electron chi connectivity index (χ3n) is 1.07. The molecule has 0 aromatic carbocycles. The van der Waals surface area contributed by atoms with Gasteiger partial charge in [-0.15, -0.1) is 0 Å². The molecule has 0 aromatic heterocycles. The number of hydrogen-bond acceptors (Lipinski definition) is 4. The summed E-state index contributed by atoms with van der Waals surface area (Å²) in [5.41, 5.74) is 0.475. The van der Waals surface area contributed by atoms with Crippen LogP contribution in [-0.2, 0) is 19.1 Å². The number of allylic oxidation sites excluding steroid dienone is 1. The van der Waals surface area contributed by atoms with Gasteiger partial charge >= 0.3 is 11.9 Å². The van der Waals surface area contributed by atoms with Gasteiger partial charge in [-0.3, -0.25) is 9.59 Å². The molecule has 5 heteroatoms. The fraction of sp³-hybridized carbons (Fsp3) is 0.500. The van der Waals surface area contributed by atoms with Gasteiger partial charge in [0.15, 0.2) is 0 Å². The fourth-order valence-electron chi connectivity index (χ4n) is 0.601. The molecule has 0 unspecified atom stereocenters. The summed E-state index contributed by atoms with van der Waals surface area (Å²) in [6, 6.07) is 0. The van der Waals surface area contributed by atoms with Crippen molar-refractivity contribution in [1.29, 1.82) is 0 Å². The van der Waals surface area contributed by atoms with E-state index in [-0.39, 0.29) is 0 Å². The van der Waals surface area contributed by atoms with E-state index in [1.165, 1.54) is 6.92 Å². The summed E-state index contributed by atoms with van der Waals surface area (Å²) >= 11 is 0. The van der Waals surface area contributed by atoms with Crippen LogP contribution in [0.3, 0.4) is 0 Å². The summed E-state index contributed by atoms with van der Waals surface area (Å²) in [4.78, 5) is 30.1. The molecule has 0 amide bonds. The average Bonchev–Trinajstić information content (AvgIpc) is 2.02. The largest absolute Gasteiger partial charge is 0.481 e. The molecule has 0 fully saturated rings. The second-order valence-corrected chi connectivity index (χ2v) is 2.70. The second-order valence-electron chi connectivity index (χ2n) is 2.70. The first-order chi connectivity index (χ1) is 6.81. The average molecular weight is 216 g/mol. The van der Waals surface area contributed by atoms with Crippen LogP contribution in [0, 0.1) is 0 Å². The summed E-state index contributed by atoms with van der Waals surface area (Å²) in [5.74, 6) is -1.96. The van der Waals surface area contributed by atoms with Gasteiger partial charge in [0.05, 0.1) is 0 Å². The van der Waals surface area contributed by atoms with Gasteiger partial charge < -0.3 is 9.84 Å². The molecule has 86 valence electrons. The highest BCUT2D eigenvalue weighted by atomic mass is 16.6. The quantitative estimate of drug-likeness (QED) is 0.430. The van der Waals surface area contributed by atoms with Crippen LogP contribution in [0.1, 0.15) is 34.1 Å². The van der Waals surface area contributed by atoms with Gasteiger partial charge in [0, 0.05) is 19.4 Å². The van der Waals surface area contributed by atoms with E-state index in [1.807, 2.05) is 6.92 Å². The number of aliphatic carboxylic acids is 1. The van der Waals surface area contributed by atoms with Crippen molar-refractivity contribution in [2.24, 2.45) is 0 Å². The second kappa shape index (κ2) is 8.93. The van der Waals surface area contributed by atoms with Gasteiger partial charge in [0.25, 0.3) is 5.97 Å². The van der Waals surface area contributed by atoms with E-state index >= 15 is 0 Å². The van der Waals surface area contributed by atoms with E-state index in [2.05, 4.69) is 4.74 Å². The lowest BCUT2D eigenvalue weighted by Crippen LogP contribution is -2.09. The molecule has 0 saturated heterocycles. The van der Waals surface area contributed by atoms with E-state index in [0.29, 0.717) is 5.57 Å². The first kappa shape index (κ1) is 15.8. The van der Waals surface area contributed by atoms with Gasteiger partial charge in [-0.05, 0) is 13.3 Å². The Morgan fingerprint density at radius 3 is 1.87 bits per heavy atom. The highest BCUT2D eigenvalue weighted by Gasteiger charge is 2.06. The Balaban J connectivity index is 0. The Hall–Kier alpha value is -1.65. The molecular formula is C10H16O5. The van der Waals surface area contributed by atoms with Crippen LogP contribution < -0.4 is 0 Å². The molecule has 0 aliphatic rings. The number of esters is 2. The zero-order valence-corrected chi connectivity index (χ0v) is 9.36. The lowest BCUT2D eigenvalue weighted by molar-refractivity contribution is -0.155. The number of ether oxygens (including phenoxy) is 1. The maximum Gasteiger partial charge on any atom is 0.341 e. The normalized spacial score (nSPS) is 9.73. The van der Waals surface area contributed by atoms with Crippen LogP contribution in [-0.4, -0.2) is 23.0 Å². The number of carbonyl (C=O) groups is 3. The molecule has 0 bridgehead atoms. The smallest absolute Gasteiger partial charge is 0.341 e. The summed E-state index contributed by atoms with van der Waals surface area (Å²) in [5, 5.41) is 7.42. The zero-order chi connectivity index (χ0) is 12.4. The maximum absolute atomic E-state index is 10.8. The van der Waals surface area contributed by atoms with Gasteiger partial charge in [-0.1, -0.05) is 13.0 Å². The Bertz CT molecular complexity index is 261.